The Morgan fingerprint density at radius 2 is 1.90 bits per heavy atom. The van der Waals surface area contributed by atoms with E-state index in [1.165, 1.54) is 5.56 Å². The van der Waals surface area contributed by atoms with E-state index < -0.39 is 0 Å². The van der Waals surface area contributed by atoms with Crippen LogP contribution in [-0.4, -0.2) is 22.9 Å². The van der Waals surface area contributed by atoms with Crippen molar-refractivity contribution in [1.82, 2.24) is 10.2 Å². The summed E-state index contributed by atoms with van der Waals surface area (Å²) in [7, 11) is 0. The van der Waals surface area contributed by atoms with Gasteiger partial charge in [-0.3, -0.25) is 9.89 Å². The number of ether oxygens (including phenoxy) is 2. The molecule has 2 aromatic carbocycles. The summed E-state index contributed by atoms with van der Waals surface area (Å²) in [6, 6.07) is 16.6. The highest BCUT2D eigenvalue weighted by atomic mass is 16.7. The van der Waals surface area contributed by atoms with Gasteiger partial charge in [-0.15, -0.1) is 0 Å². The first kappa shape index (κ1) is 18.2. The molecule has 0 radical (unpaired) electrons. The highest BCUT2D eigenvalue weighted by molar-refractivity contribution is 5.94. The first-order chi connectivity index (χ1) is 15.2. The number of carbonyl (C=O) groups excluding carboxylic acids is 1. The smallest absolute Gasteiger partial charge is 0.231 e. The van der Waals surface area contributed by atoms with E-state index in [1.807, 2.05) is 12.1 Å². The molecular weight excluding hydrogens is 390 g/mol. The maximum atomic E-state index is 12.4. The number of nitrogens with zero attached hydrogens (tertiary/aromatic N) is 1. The molecular formula is C25H23N3O3. The van der Waals surface area contributed by atoms with Crippen LogP contribution in [0.3, 0.4) is 0 Å². The number of benzene rings is 2. The quantitative estimate of drug-likeness (QED) is 0.663. The lowest BCUT2D eigenvalue weighted by molar-refractivity contribution is -0.122. The zero-order chi connectivity index (χ0) is 20.8. The molecule has 156 valence electrons. The van der Waals surface area contributed by atoms with Gasteiger partial charge in [0.05, 0.1) is 0 Å². The van der Waals surface area contributed by atoms with Gasteiger partial charge >= 0.3 is 0 Å². The topological polar surface area (TPSA) is 76.2 Å². The predicted octanol–water partition coefficient (Wildman–Crippen LogP) is 4.43. The fraction of sp³-hybridized carbons (Fsp3) is 0.280. The molecule has 3 aliphatic rings. The maximum absolute atomic E-state index is 12.4. The molecule has 1 saturated carbocycles. The minimum absolute atomic E-state index is 0.0737. The summed E-state index contributed by atoms with van der Waals surface area (Å²) in [5, 5.41) is 10.6. The molecule has 2 heterocycles. The highest BCUT2D eigenvalue weighted by Gasteiger charge is 2.38. The van der Waals surface area contributed by atoms with Crippen LogP contribution in [0.15, 0.2) is 54.6 Å². The largest absolute Gasteiger partial charge is 0.454 e. The van der Waals surface area contributed by atoms with Crippen LogP contribution in [0, 0.1) is 5.92 Å². The van der Waals surface area contributed by atoms with Gasteiger partial charge in [-0.2, -0.15) is 5.10 Å². The molecule has 6 rings (SSSR count). The summed E-state index contributed by atoms with van der Waals surface area (Å²) in [6.07, 6.45) is 8.07. The van der Waals surface area contributed by atoms with E-state index in [4.69, 9.17) is 9.47 Å². The Morgan fingerprint density at radius 3 is 2.71 bits per heavy atom. The number of nitrogens with one attached hydrogen (secondary N) is 2. The second-order valence-electron chi connectivity index (χ2n) is 8.50. The first-order valence-corrected chi connectivity index (χ1v) is 10.8. The first-order valence-electron chi connectivity index (χ1n) is 10.8. The highest BCUT2D eigenvalue weighted by Crippen LogP contribution is 2.45. The van der Waals surface area contributed by atoms with Crippen molar-refractivity contribution in [2.24, 2.45) is 5.92 Å². The molecule has 6 nitrogen and oxygen atoms in total. The van der Waals surface area contributed by atoms with Gasteiger partial charge in [0, 0.05) is 29.0 Å². The zero-order valence-corrected chi connectivity index (χ0v) is 17.1. The molecule has 0 bridgehead atoms. The fourth-order valence-electron chi connectivity index (χ4n) is 4.72. The Hall–Kier alpha value is -3.54. The van der Waals surface area contributed by atoms with Gasteiger partial charge in [0.2, 0.25) is 12.7 Å². The van der Waals surface area contributed by atoms with Crippen LogP contribution in [0.2, 0.25) is 0 Å². The molecule has 1 fully saturated rings. The van der Waals surface area contributed by atoms with E-state index in [1.54, 1.807) is 0 Å². The summed E-state index contributed by atoms with van der Waals surface area (Å²) in [5.74, 6) is 2.36. The van der Waals surface area contributed by atoms with Crippen molar-refractivity contribution >= 4 is 17.8 Å². The Bertz CT molecular complexity index is 1180. The van der Waals surface area contributed by atoms with Gasteiger partial charge in [-0.1, -0.05) is 55.0 Å². The molecule has 3 aromatic rings. The number of allylic oxidation sites excluding steroid dienone is 1. The average molecular weight is 413 g/mol. The maximum Gasteiger partial charge on any atom is 0.231 e. The lowest BCUT2D eigenvalue weighted by Gasteiger charge is -2.34. The number of aromatic amines is 1. The Labute approximate surface area is 180 Å². The van der Waals surface area contributed by atoms with Crippen molar-refractivity contribution in [2.45, 2.75) is 31.1 Å². The van der Waals surface area contributed by atoms with E-state index in [-0.39, 0.29) is 24.0 Å². The third-order valence-corrected chi connectivity index (χ3v) is 6.77. The van der Waals surface area contributed by atoms with E-state index in [9.17, 15) is 4.79 Å². The molecule has 1 aromatic heterocycles. The molecule has 1 amide bonds. The van der Waals surface area contributed by atoms with Crippen molar-refractivity contribution in [3.8, 4) is 11.5 Å². The number of fused-ring (bicyclic) bond motifs is 2. The van der Waals surface area contributed by atoms with Gasteiger partial charge in [0.15, 0.2) is 17.3 Å². The SMILES string of the molecule is O=C(Nc1n[nH]c2c1C=CC(c1ccccc1)(c1ccc3c(c1)OCO3)C2)C1CCC1. The second-order valence-corrected chi connectivity index (χ2v) is 8.50. The fourth-order valence-corrected chi connectivity index (χ4v) is 4.72. The number of rotatable bonds is 4. The van der Waals surface area contributed by atoms with Crippen LogP contribution in [0.25, 0.3) is 6.08 Å². The number of hydrogen-bond donors (Lipinski definition) is 2. The van der Waals surface area contributed by atoms with Crippen LogP contribution in [0.4, 0.5) is 5.82 Å². The number of carbonyl (C=O) groups is 1. The standard InChI is InChI=1S/C25H23N3O3/c29-24(16-5-4-6-16)26-23-19-11-12-25(14-20(19)27-28-23,17-7-2-1-3-8-17)18-9-10-21-22(13-18)31-15-30-21/h1-3,7-13,16H,4-6,14-15H2,(H2,26,27,28,29). The van der Waals surface area contributed by atoms with Gasteiger partial charge in [-0.05, 0) is 36.1 Å². The van der Waals surface area contributed by atoms with Crippen LogP contribution >= 0.6 is 0 Å². The lowest BCUT2D eigenvalue weighted by atomic mass is 9.68. The van der Waals surface area contributed by atoms with Gasteiger partial charge in [0.1, 0.15) is 0 Å². The number of amides is 1. The average Bonchev–Trinajstić information content (AvgIpc) is 3.39. The predicted molar refractivity (Wildman–Crippen MR) is 117 cm³/mol. The Balaban J connectivity index is 1.40. The van der Waals surface area contributed by atoms with Crippen molar-refractivity contribution in [3.05, 3.63) is 77.0 Å². The van der Waals surface area contributed by atoms with Crippen molar-refractivity contribution in [2.75, 3.05) is 12.1 Å². The summed E-state index contributed by atoms with van der Waals surface area (Å²) in [4.78, 5) is 12.4. The molecule has 31 heavy (non-hydrogen) atoms. The zero-order valence-electron chi connectivity index (χ0n) is 17.1. The minimum Gasteiger partial charge on any atom is -0.454 e. The summed E-state index contributed by atoms with van der Waals surface area (Å²) in [6.45, 7) is 0.252. The summed E-state index contributed by atoms with van der Waals surface area (Å²) >= 11 is 0. The molecule has 6 heteroatoms. The third-order valence-electron chi connectivity index (χ3n) is 6.77. The lowest BCUT2D eigenvalue weighted by Crippen LogP contribution is -2.31. The molecule has 0 saturated heterocycles. The van der Waals surface area contributed by atoms with Crippen molar-refractivity contribution < 1.29 is 14.3 Å². The van der Waals surface area contributed by atoms with Crippen LogP contribution in [0.5, 0.6) is 11.5 Å². The van der Waals surface area contributed by atoms with Gasteiger partial charge < -0.3 is 14.8 Å². The summed E-state index contributed by atoms with van der Waals surface area (Å²) < 4.78 is 11.2. The third kappa shape index (κ3) is 2.93. The molecule has 0 spiro atoms. The van der Waals surface area contributed by atoms with Crippen LogP contribution < -0.4 is 14.8 Å². The number of H-pyrrole nitrogens is 1. The molecule has 1 atom stereocenters. The molecule has 1 aliphatic heterocycles. The van der Waals surface area contributed by atoms with E-state index in [0.29, 0.717) is 12.2 Å². The van der Waals surface area contributed by atoms with Crippen LogP contribution in [0.1, 0.15) is 41.6 Å². The number of aromatic nitrogens is 2. The normalized spacial score (nSPS) is 21.4. The number of hydrogen-bond acceptors (Lipinski definition) is 4. The molecule has 1 unspecified atom stereocenters. The summed E-state index contributed by atoms with van der Waals surface area (Å²) in [5.41, 5.74) is 3.90. The second kappa shape index (κ2) is 7.01. The van der Waals surface area contributed by atoms with Crippen LogP contribution in [-0.2, 0) is 16.6 Å². The minimum atomic E-state index is -0.378. The molecule has 2 N–H and O–H groups in total. The van der Waals surface area contributed by atoms with Crippen molar-refractivity contribution in [1.29, 1.82) is 0 Å². The van der Waals surface area contributed by atoms with E-state index in [0.717, 1.165) is 47.6 Å². The van der Waals surface area contributed by atoms with E-state index >= 15 is 0 Å². The number of anilines is 1. The molecule has 2 aliphatic carbocycles. The monoisotopic (exact) mass is 413 g/mol. The Morgan fingerprint density at radius 1 is 1.06 bits per heavy atom. The van der Waals surface area contributed by atoms with Gasteiger partial charge in [0.25, 0.3) is 0 Å². The van der Waals surface area contributed by atoms with Crippen molar-refractivity contribution in [3.63, 3.8) is 0 Å². The van der Waals surface area contributed by atoms with Gasteiger partial charge in [-0.25, -0.2) is 0 Å². The van der Waals surface area contributed by atoms with E-state index in [2.05, 4.69) is 64.1 Å². The Kier molecular flexibility index (Phi) is 4.13.